The van der Waals surface area contributed by atoms with E-state index in [0.717, 1.165) is 43.2 Å². The largest absolute Gasteiger partial charge is 0.378 e. The van der Waals surface area contributed by atoms with E-state index in [1.165, 1.54) is 18.6 Å². The van der Waals surface area contributed by atoms with Gasteiger partial charge in [-0.05, 0) is 36.2 Å². The van der Waals surface area contributed by atoms with Crippen LogP contribution in [-0.4, -0.2) is 43.9 Å². The smallest absolute Gasteiger partial charge is 0.289 e. The summed E-state index contributed by atoms with van der Waals surface area (Å²) in [6.45, 7) is 3.18. The quantitative estimate of drug-likeness (QED) is 0.561. The molecule has 0 atom stereocenters. The molecule has 145 valence electrons. The molecule has 0 unspecified atom stereocenters. The van der Waals surface area contributed by atoms with E-state index < -0.39 is 11.7 Å². The molecule has 1 heterocycles. The first-order chi connectivity index (χ1) is 13.5. The first-order valence-corrected chi connectivity index (χ1v) is 9.03. The molecule has 2 amide bonds. The molecule has 0 saturated carbocycles. The number of ketones is 1. The van der Waals surface area contributed by atoms with Crippen LogP contribution < -0.4 is 16.0 Å². The summed E-state index contributed by atoms with van der Waals surface area (Å²) in [7, 11) is 0. The molecule has 0 aliphatic carbocycles. The summed E-state index contributed by atoms with van der Waals surface area (Å²) < 4.78 is 5.35. The van der Waals surface area contributed by atoms with Crippen LogP contribution in [0.25, 0.3) is 0 Å². The van der Waals surface area contributed by atoms with Gasteiger partial charge in [0.2, 0.25) is 11.7 Å². The van der Waals surface area contributed by atoms with Gasteiger partial charge in [0.05, 0.1) is 19.6 Å². The van der Waals surface area contributed by atoms with Crippen LogP contribution in [0.2, 0.25) is 0 Å². The second-order valence-corrected chi connectivity index (χ2v) is 6.43. The third kappa shape index (κ3) is 5.17. The van der Waals surface area contributed by atoms with E-state index in [-0.39, 0.29) is 11.5 Å². The second kappa shape index (κ2) is 9.14. The van der Waals surface area contributed by atoms with Gasteiger partial charge in [-0.25, -0.2) is 0 Å². The van der Waals surface area contributed by atoms with Crippen LogP contribution in [0.1, 0.15) is 15.9 Å². The average molecular weight is 380 g/mol. The van der Waals surface area contributed by atoms with Crippen molar-refractivity contribution in [1.29, 1.82) is 0 Å². The van der Waals surface area contributed by atoms with E-state index in [4.69, 9.17) is 10.5 Å². The van der Waals surface area contributed by atoms with Crippen molar-refractivity contribution in [2.24, 2.45) is 5.73 Å². The standard InChI is InChI=1S/C21H22N3O4/c22-21(27)20(26)16-4-1-15(2-5-16)3-10-19(25)23-17-6-8-18(9-7-17)24-11-13-28-14-12-24/h1-2,4-10H,3,11-14H2,(H2,22,27)(H,23,25). The normalized spacial score (nSPS) is 13.8. The molecule has 1 radical (unpaired) electrons. The molecular weight excluding hydrogens is 358 g/mol. The van der Waals surface area contributed by atoms with Crippen molar-refractivity contribution in [3.05, 3.63) is 66.1 Å². The maximum absolute atomic E-state index is 12.1. The fraction of sp³-hybridized carbons (Fsp3) is 0.238. The van der Waals surface area contributed by atoms with Crippen LogP contribution >= 0.6 is 0 Å². The Labute approximate surface area is 163 Å². The summed E-state index contributed by atoms with van der Waals surface area (Å²) in [5.74, 6) is -1.93. The van der Waals surface area contributed by atoms with Gasteiger partial charge in [0.1, 0.15) is 0 Å². The van der Waals surface area contributed by atoms with Crippen LogP contribution in [0.15, 0.2) is 48.5 Å². The van der Waals surface area contributed by atoms with Gasteiger partial charge < -0.3 is 20.7 Å². The molecule has 1 fully saturated rings. The Kier molecular flexibility index (Phi) is 6.39. The minimum absolute atomic E-state index is 0.212. The number of Topliss-reactive ketones (excluding diaryl/α,β-unsaturated/α-hetero) is 1. The Morgan fingerprint density at radius 1 is 1.00 bits per heavy atom. The molecule has 0 aromatic heterocycles. The molecule has 1 saturated heterocycles. The highest BCUT2D eigenvalue weighted by atomic mass is 16.5. The SMILES string of the molecule is NC(=O)C(=O)c1ccc(C[CH]C(=O)Nc2ccc(N3CCOCC3)cc2)cc1. The fourth-order valence-electron chi connectivity index (χ4n) is 2.92. The molecule has 28 heavy (non-hydrogen) atoms. The fourth-order valence-corrected chi connectivity index (χ4v) is 2.92. The maximum atomic E-state index is 12.1. The molecule has 1 aliphatic heterocycles. The maximum Gasteiger partial charge on any atom is 0.289 e. The third-order valence-corrected chi connectivity index (χ3v) is 4.47. The number of rotatable bonds is 7. The Bertz CT molecular complexity index is 841. The number of ether oxygens (including phenoxy) is 1. The Morgan fingerprint density at radius 2 is 1.64 bits per heavy atom. The number of hydrogen-bond acceptors (Lipinski definition) is 5. The number of anilines is 2. The number of nitrogens with zero attached hydrogens (tertiary/aromatic N) is 1. The number of primary amides is 1. The average Bonchev–Trinajstić information content (AvgIpc) is 2.73. The van der Waals surface area contributed by atoms with Gasteiger partial charge in [0, 0.05) is 30.0 Å². The highest BCUT2D eigenvalue weighted by Crippen LogP contribution is 2.19. The number of nitrogens with one attached hydrogen (secondary N) is 1. The van der Waals surface area contributed by atoms with Gasteiger partial charge in [0.25, 0.3) is 5.91 Å². The summed E-state index contributed by atoms with van der Waals surface area (Å²) in [4.78, 5) is 36.8. The van der Waals surface area contributed by atoms with Crippen LogP contribution in [0, 0.1) is 6.42 Å². The molecule has 1 aliphatic rings. The number of morpholine rings is 1. The van der Waals surface area contributed by atoms with Crippen LogP contribution in [0.5, 0.6) is 0 Å². The topological polar surface area (TPSA) is 102 Å². The first kappa shape index (κ1) is 19.6. The van der Waals surface area contributed by atoms with Crippen molar-refractivity contribution >= 4 is 29.0 Å². The van der Waals surface area contributed by atoms with Crippen molar-refractivity contribution in [1.82, 2.24) is 0 Å². The second-order valence-electron chi connectivity index (χ2n) is 6.43. The lowest BCUT2D eigenvalue weighted by Crippen LogP contribution is -2.36. The lowest BCUT2D eigenvalue weighted by atomic mass is 10.0. The summed E-state index contributed by atoms with van der Waals surface area (Å²) >= 11 is 0. The van der Waals surface area contributed by atoms with Gasteiger partial charge in [-0.3, -0.25) is 14.4 Å². The van der Waals surface area contributed by atoms with Crippen LogP contribution in [-0.2, 0) is 20.7 Å². The van der Waals surface area contributed by atoms with Crippen molar-refractivity contribution in [3.63, 3.8) is 0 Å². The third-order valence-electron chi connectivity index (χ3n) is 4.47. The Hall–Kier alpha value is -3.19. The highest BCUT2D eigenvalue weighted by molar-refractivity contribution is 6.42. The van der Waals surface area contributed by atoms with Crippen LogP contribution in [0.3, 0.4) is 0 Å². The Balaban J connectivity index is 1.48. The zero-order valence-corrected chi connectivity index (χ0v) is 15.4. The molecule has 0 spiro atoms. The van der Waals surface area contributed by atoms with E-state index in [1.54, 1.807) is 12.1 Å². The predicted molar refractivity (Wildman–Crippen MR) is 106 cm³/mol. The lowest BCUT2D eigenvalue weighted by Gasteiger charge is -2.28. The number of nitrogens with two attached hydrogens (primary N) is 1. The van der Waals surface area contributed by atoms with E-state index in [0.29, 0.717) is 6.42 Å². The van der Waals surface area contributed by atoms with Gasteiger partial charge in [0.15, 0.2) is 0 Å². The van der Waals surface area contributed by atoms with Crippen molar-refractivity contribution in [2.75, 3.05) is 36.5 Å². The number of amides is 2. The van der Waals surface area contributed by atoms with Gasteiger partial charge in [-0.2, -0.15) is 0 Å². The van der Waals surface area contributed by atoms with Gasteiger partial charge in [-0.15, -0.1) is 0 Å². The van der Waals surface area contributed by atoms with E-state index >= 15 is 0 Å². The molecule has 7 nitrogen and oxygen atoms in total. The summed E-state index contributed by atoms with van der Waals surface area (Å²) in [5, 5.41) is 2.83. The number of carbonyl (C=O) groups excluding carboxylic acids is 3. The highest BCUT2D eigenvalue weighted by Gasteiger charge is 2.13. The molecule has 3 N–H and O–H groups in total. The number of carbonyl (C=O) groups is 3. The monoisotopic (exact) mass is 380 g/mol. The zero-order valence-electron chi connectivity index (χ0n) is 15.4. The summed E-state index contributed by atoms with van der Waals surface area (Å²) in [6.07, 6.45) is 1.93. The molecule has 7 heteroatoms. The van der Waals surface area contributed by atoms with Crippen LogP contribution in [0.4, 0.5) is 11.4 Å². The van der Waals surface area contributed by atoms with E-state index in [9.17, 15) is 14.4 Å². The molecule has 2 aromatic rings. The Morgan fingerprint density at radius 3 is 2.25 bits per heavy atom. The number of hydrogen-bond donors (Lipinski definition) is 2. The summed E-state index contributed by atoms with van der Waals surface area (Å²) in [6, 6.07) is 14.2. The van der Waals surface area contributed by atoms with Crippen molar-refractivity contribution in [3.8, 4) is 0 Å². The van der Waals surface area contributed by atoms with Gasteiger partial charge in [-0.1, -0.05) is 24.3 Å². The number of benzene rings is 2. The van der Waals surface area contributed by atoms with E-state index in [2.05, 4.69) is 10.2 Å². The molecular formula is C21H22N3O4. The molecule has 2 aromatic carbocycles. The predicted octanol–water partition coefficient (Wildman–Crippen LogP) is 1.58. The summed E-state index contributed by atoms with van der Waals surface area (Å²) in [5.41, 5.74) is 7.89. The van der Waals surface area contributed by atoms with Crippen molar-refractivity contribution < 1.29 is 19.1 Å². The van der Waals surface area contributed by atoms with E-state index in [1.807, 2.05) is 24.3 Å². The minimum atomic E-state index is -0.988. The minimum Gasteiger partial charge on any atom is -0.378 e. The van der Waals surface area contributed by atoms with Crippen molar-refractivity contribution in [2.45, 2.75) is 6.42 Å². The molecule has 3 rings (SSSR count). The first-order valence-electron chi connectivity index (χ1n) is 9.03. The van der Waals surface area contributed by atoms with Gasteiger partial charge >= 0.3 is 0 Å². The zero-order chi connectivity index (χ0) is 19.9. The lowest BCUT2D eigenvalue weighted by molar-refractivity contribution is -0.114. The molecule has 0 bridgehead atoms.